The fraction of sp³-hybridized carbons (Fsp3) is 0.529. The molecular formula is C34H45N3O2. The molecule has 1 aliphatic carbocycles. The van der Waals surface area contributed by atoms with Crippen LogP contribution in [0.1, 0.15) is 73.6 Å². The summed E-state index contributed by atoms with van der Waals surface area (Å²) in [5.41, 5.74) is 5.39. The molecule has 1 saturated heterocycles. The zero-order chi connectivity index (χ0) is 27.2. The Morgan fingerprint density at radius 1 is 0.923 bits per heavy atom. The van der Waals surface area contributed by atoms with E-state index in [1.165, 1.54) is 36.8 Å². The van der Waals surface area contributed by atoms with Crippen LogP contribution in [0, 0.1) is 25.7 Å². The standard InChI is InChI=1S/C34H45N3O2/c1-25-8-11-27(12-9-25)13-14-28-16-18-36(19-17-28)20-21-37(34(39)29-6-4-3-5-7-29)24-31-23-30-22-26(2)10-15-32(30)35-33(31)38/h8-12,15,22-23,28-29H,3-7,13-14,16-21,24H2,1-2H3,(H,35,38). The van der Waals surface area contributed by atoms with Crippen molar-refractivity contribution >= 4 is 16.8 Å². The Bertz CT molecular complexity index is 1300. The number of hydrogen-bond acceptors (Lipinski definition) is 3. The summed E-state index contributed by atoms with van der Waals surface area (Å²) in [6.07, 6.45) is 10.3. The minimum absolute atomic E-state index is 0.0813. The number of nitrogens with one attached hydrogen (secondary N) is 1. The van der Waals surface area contributed by atoms with Gasteiger partial charge in [0.25, 0.3) is 5.56 Å². The van der Waals surface area contributed by atoms with Crippen molar-refractivity contribution in [2.75, 3.05) is 26.2 Å². The Kier molecular flexibility index (Phi) is 9.18. The fourth-order valence-corrected chi connectivity index (χ4v) is 6.46. The van der Waals surface area contributed by atoms with Gasteiger partial charge in [-0.1, -0.05) is 60.7 Å². The number of carbonyl (C=O) groups is 1. The van der Waals surface area contributed by atoms with Gasteiger partial charge in [-0.3, -0.25) is 9.59 Å². The van der Waals surface area contributed by atoms with Crippen LogP contribution in [0.4, 0.5) is 0 Å². The third-order valence-electron chi connectivity index (χ3n) is 9.06. The van der Waals surface area contributed by atoms with Gasteiger partial charge in [0.15, 0.2) is 0 Å². The van der Waals surface area contributed by atoms with E-state index >= 15 is 0 Å². The molecule has 1 amide bonds. The molecule has 1 aliphatic heterocycles. The summed E-state index contributed by atoms with van der Waals surface area (Å²) < 4.78 is 0. The molecule has 5 nitrogen and oxygen atoms in total. The lowest BCUT2D eigenvalue weighted by Gasteiger charge is -2.35. The number of nitrogens with zero attached hydrogens (tertiary/aromatic N) is 2. The van der Waals surface area contributed by atoms with Crippen LogP contribution in [-0.4, -0.2) is 46.9 Å². The average molecular weight is 528 g/mol. The van der Waals surface area contributed by atoms with Crippen molar-refractivity contribution in [2.24, 2.45) is 11.8 Å². The number of hydrogen-bond donors (Lipinski definition) is 1. The largest absolute Gasteiger partial charge is 0.337 e. The van der Waals surface area contributed by atoms with Gasteiger partial charge in [0.05, 0.1) is 6.54 Å². The number of piperidine rings is 1. The van der Waals surface area contributed by atoms with Gasteiger partial charge in [0, 0.05) is 30.1 Å². The molecule has 3 aromatic rings. The molecule has 0 bridgehead atoms. The van der Waals surface area contributed by atoms with Crippen molar-refractivity contribution in [1.82, 2.24) is 14.8 Å². The highest BCUT2D eigenvalue weighted by molar-refractivity contribution is 5.81. The van der Waals surface area contributed by atoms with Gasteiger partial charge in [-0.05, 0) is 101 Å². The van der Waals surface area contributed by atoms with Crippen LogP contribution in [0.2, 0.25) is 0 Å². The number of rotatable bonds is 9. The van der Waals surface area contributed by atoms with Crippen molar-refractivity contribution < 1.29 is 4.79 Å². The van der Waals surface area contributed by atoms with Crippen LogP contribution in [0.3, 0.4) is 0 Å². The number of aryl methyl sites for hydroxylation is 3. The number of aromatic nitrogens is 1. The highest BCUT2D eigenvalue weighted by Crippen LogP contribution is 2.27. The smallest absolute Gasteiger partial charge is 0.253 e. The van der Waals surface area contributed by atoms with Gasteiger partial charge >= 0.3 is 0 Å². The van der Waals surface area contributed by atoms with Gasteiger partial charge in [0.1, 0.15) is 0 Å². The number of carbonyl (C=O) groups excluding carboxylic acids is 1. The SMILES string of the molecule is Cc1ccc(CCC2CCN(CCN(Cc3cc4cc(C)ccc4[nH]c3=O)C(=O)C3CCCCC3)CC2)cc1. The summed E-state index contributed by atoms with van der Waals surface area (Å²) in [4.78, 5) is 34.2. The summed E-state index contributed by atoms with van der Waals surface area (Å²) in [7, 11) is 0. The second-order valence-corrected chi connectivity index (χ2v) is 12.1. The van der Waals surface area contributed by atoms with Crippen LogP contribution in [0.25, 0.3) is 10.9 Å². The molecule has 1 N–H and O–H groups in total. The van der Waals surface area contributed by atoms with Crippen LogP contribution < -0.4 is 5.56 Å². The van der Waals surface area contributed by atoms with E-state index in [0.29, 0.717) is 18.7 Å². The monoisotopic (exact) mass is 527 g/mol. The van der Waals surface area contributed by atoms with Crippen molar-refractivity contribution in [3.8, 4) is 0 Å². The molecule has 2 fully saturated rings. The summed E-state index contributed by atoms with van der Waals surface area (Å²) >= 11 is 0. The first-order chi connectivity index (χ1) is 18.9. The van der Waals surface area contributed by atoms with Crippen LogP contribution in [0.15, 0.2) is 53.3 Å². The number of H-pyrrole nitrogens is 1. The topological polar surface area (TPSA) is 56.4 Å². The minimum Gasteiger partial charge on any atom is -0.337 e. The molecule has 0 atom stereocenters. The Morgan fingerprint density at radius 2 is 1.64 bits per heavy atom. The number of fused-ring (bicyclic) bond motifs is 1. The Labute approximate surface area is 233 Å². The molecule has 39 heavy (non-hydrogen) atoms. The predicted molar refractivity (Wildman–Crippen MR) is 160 cm³/mol. The highest BCUT2D eigenvalue weighted by Gasteiger charge is 2.28. The molecule has 2 aromatic carbocycles. The Balaban J connectivity index is 1.20. The van der Waals surface area contributed by atoms with E-state index in [2.05, 4.69) is 54.1 Å². The molecule has 0 spiro atoms. The van der Waals surface area contributed by atoms with Crippen molar-refractivity contribution in [3.05, 3.63) is 81.1 Å². The molecule has 0 unspecified atom stereocenters. The first kappa shape index (κ1) is 27.6. The normalized spacial score (nSPS) is 17.5. The zero-order valence-corrected chi connectivity index (χ0v) is 23.9. The number of aromatic amines is 1. The summed E-state index contributed by atoms with van der Waals surface area (Å²) in [5.74, 6) is 1.13. The van der Waals surface area contributed by atoms with E-state index in [4.69, 9.17) is 0 Å². The lowest BCUT2D eigenvalue weighted by atomic mass is 9.88. The predicted octanol–water partition coefficient (Wildman–Crippen LogP) is 6.40. The Morgan fingerprint density at radius 3 is 2.38 bits per heavy atom. The van der Waals surface area contributed by atoms with E-state index < -0.39 is 0 Å². The summed E-state index contributed by atoms with van der Waals surface area (Å²) in [5, 5.41) is 1.03. The van der Waals surface area contributed by atoms with E-state index in [9.17, 15) is 9.59 Å². The maximum absolute atomic E-state index is 13.7. The maximum Gasteiger partial charge on any atom is 0.253 e. The molecule has 208 valence electrons. The summed E-state index contributed by atoms with van der Waals surface area (Å²) in [6.45, 7) is 8.36. The quantitative estimate of drug-likeness (QED) is 0.350. The number of likely N-dealkylation sites (tertiary alicyclic amines) is 1. The number of pyridine rings is 1. The van der Waals surface area contributed by atoms with Crippen molar-refractivity contribution in [1.29, 1.82) is 0 Å². The van der Waals surface area contributed by atoms with Crippen LogP contribution in [0.5, 0.6) is 0 Å². The third-order valence-corrected chi connectivity index (χ3v) is 9.06. The van der Waals surface area contributed by atoms with Gasteiger partial charge in [0.2, 0.25) is 5.91 Å². The van der Waals surface area contributed by atoms with Crippen molar-refractivity contribution in [3.63, 3.8) is 0 Å². The van der Waals surface area contributed by atoms with Gasteiger partial charge in [-0.25, -0.2) is 0 Å². The van der Waals surface area contributed by atoms with Gasteiger partial charge in [-0.2, -0.15) is 0 Å². The van der Waals surface area contributed by atoms with Crippen molar-refractivity contribution in [2.45, 2.75) is 78.2 Å². The molecule has 5 rings (SSSR count). The zero-order valence-electron chi connectivity index (χ0n) is 23.9. The molecule has 1 saturated carbocycles. The molecule has 5 heteroatoms. The molecule has 1 aromatic heterocycles. The van der Waals surface area contributed by atoms with E-state index in [1.807, 2.05) is 23.1 Å². The second-order valence-electron chi connectivity index (χ2n) is 12.1. The molecule has 2 heterocycles. The van der Waals surface area contributed by atoms with E-state index in [-0.39, 0.29) is 17.4 Å². The summed E-state index contributed by atoms with van der Waals surface area (Å²) in [6, 6.07) is 17.0. The third kappa shape index (κ3) is 7.39. The molecule has 2 aliphatic rings. The fourth-order valence-electron chi connectivity index (χ4n) is 6.46. The minimum atomic E-state index is -0.0813. The van der Waals surface area contributed by atoms with Crippen LogP contribution >= 0.6 is 0 Å². The first-order valence-electron chi connectivity index (χ1n) is 15.1. The number of benzene rings is 2. The van der Waals surface area contributed by atoms with Gasteiger partial charge < -0.3 is 14.8 Å². The Hall–Kier alpha value is -2.92. The molecule has 0 radical (unpaired) electrons. The highest BCUT2D eigenvalue weighted by atomic mass is 16.2. The lowest BCUT2D eigenvalue weighted by Crippen LogP contribution is -2.44. The van der Waals surface area contributed by atoms with Crippen LogP contribution in [-0.2, 0) is 17.8 Å². The molecular weight excluding hydrogens is 482 g/mol. The maximum atomic E-state index is 13.7. The number of amides is 1. The second kappa shape index (κ2) is 13.0. The van der Waals surface area contributed by atoms with E-state index in [0.717, 1.165) is 74.1 Å². The first-order valence-corrected chi connectivity index (χ1v) is 15.1. The lowest BCUT2D eigenvalue weighted by molar-refractivity contribution is -0.137. The van der Waals surface area contributed by atoms with Gasteiger partial charge in [-0.15, -0.1) is 0 Å². The average Bonchev–Trinajstić information content (AvgIpc) is 2.96. The van der Waals surface area contributed by atoms with E-state index in [1.54, 1.807) is 0 Å².